The molecule has 2 atom stereocenters. The van der Waals surface area contributed by atoms with Gasteiger partial charge in [0.25, 0.3) is 0 Å². The fraction of sp³-hybridized carbons (Fsp3) is 0.583. The van der Waals surface area contributed by atoms with Gasteiger partial charge in [-0.3, -0.25) is 4.79 Å². The Bertz CT molecular complexity index is 776. The van der Waals surface area contributed by atoms with Gasteiger partial charge >= 0.3 is 5.97 Å². The largest absolute Gasteiger partial charge is 0.481 e. The molecule has 3 rings (SSSR count). The number of carboxylic acid groups (broad SMARTS) is 1. The van der Waals surface area contributed by atoms with Crippen molar-refractivity contribution in [3.63, 3.8) is 0 Å². The number of H-pyrrole nitrogens is 1. The molecule has 28 heavy (non-hydrogen) atoms. The van der Waals surface area contributed by atoms with Crippen molar-refractivity contribution < 1.29 is 9.90 Å². The molecular formula is C24H34N2O2. The van der Waals surface area contributed by atoms with Gasteiger partial charge in [0, 0.05) is 18.3 Å². The van der Waals surface area contributed by atoms with E-state index in [1.807, 2.05) is 6.20 Å². The third kappa shape index (κ3) is 5.24. The number of carbonyl (C=O) groups is 1. The molecule has 4 heteroatoms. The van der Waals surface area contributed by atoms with Crippen LogP contribution < -0.4 is 0 Å². The molecule has 1 aliphatic carbocycles. The molecule has 1 aromatic heterocycles. The number of nitrogens with zero attached hydrogens (tertiary/aromatic N) is 1. The zero-order valence-electron chi connectivity index (χ0n) is 17.5. The predicted molar refractivity (Wildman–Crippen MR) is 113 cm³/mol. The lowest BCUT2D eigenvalue weighted by Gasteiger charge is -2.29. The van der Waals surface area contributed by atoms with E-state index in [0.717, 1.165) is 57.2 Å². The van der Waals surface area contributed by atoms with Crippen LogP contribution in [0.3, 0.4) is 0 Å². The molecule has 1 heterocycles. The molecule has 1 fully saturated rings. The molecular weight excluding hydrogens is 348 g/mol. The van der Waals surface area contributed by atoms with Crippen LogP contribution in [0.4, 0.5) is 0 Å². The summed E-state index contributed by atoms with van der Waals surface area (Å²) in [5, 5.41) is 9.51. The van der Waals surface area contributed by atoms with E-state index in [1.54, 1.807) is 0 Å². The Labute approximate surface area is 168 Å². The van der Waals surface area contributed by atoms with E-state index in [0.29, 0.717) is 5.41 Å². The first-order valence-corrected chi connectivity index (χ1v) is 10.7. The van der Waals surface area contributed by atoms with Crippen LogP contribution in [0.25, 0.3) is 0 Å². The first-order valence-electron chi connectivity index (χ1n) is 10.7. The maximum Gasteiger partial charge on any atom is 0.307 e. The Morgan fingerprint density at radius 3 is 2.57 bits per heavy atom. The van der Waals surface area contributed by atoms with Crippen LogP contribution in [-0.2, 0) is 24.1 Å². The van der Waals surface area contributed by atoms with Gasteiger partial charge in [-0.05, 0) is 48.1 Å². The first kappa shape index (κ1) is 20.6. The van der Waals surface area contributed by atoms with Gasteiger partial charge in [0.05, 0.1) is 5.92 Å². The van der Waals surface area contributed by atoms with Crippen LogP contribution in [0, 0.1) is 11.3 Å². The quantitative estimate of drug-likeness (QED) is 0.630. The Morgan fingerprint density at radius 2 is 1.89 bits per heavy atom. The highest BCUT2D eigenvalue weighted by atomic mass is 16.4. The number of nitrogens with one attached hydrogen (secondary N) is 1. The Morgan fingerprint density at radius 1 is 1.18 bits per heavy atom. The summed E-state index contributed by atoms with van der Waals surface area (Å²) in [7, 11) is 0. The number of aromatic nitrogens is 2. The van der Waals surface area contributed by atoms with E-state index in [2.05, 4.69) is 55.0 Å². The number of hydrogen-bond acceptors (Lipinski definition) is 2. The highest BCUT2D eigenvalue weighted by Crippen LogP contribution is 2.38. The average molecular weight is 383 g/mol. The van der Waals surface area contributed by atoms with E-state index < -0.39 is 5.97 Å². The summed E-state index contributed by atoms with van der Waals surface area (Å²) in [4.78, 5) is 19.6. The molecule has 0 amide bonds. The fourth-order valence-electron chi connectivity index (χ4n) is 4.28. The molecule has 1 aliphatic rings. The summed E-state index contributed by atoms with van der Waals surface area (Å²) in [5.74, 6) is 0.334. The summed E-state index contributed by atoms with van der Waals surface area (Å²) in [6, 6.07) is 8.59. The van der Waals surface area contributed by atoms with Gasteiger partial charge in [-0.1, -0.05) is 64.3 Å². The summed E-state index contributed by atoms with van der Waals surface area (Å²) < 4.78 is 0. The molecule has 0 aliphatic heterocycles. The fourth-order valence-corrected chi connectivity index (χ4v) is 4.28. The lowest BCUT2D eigenvalue weighted by Crippen LogP contribution is -2.25. The van der Waals surface area contributed by atoms with Crippen LogP contribution in [0.5, 0.6) is 0 Å². The van der Waals surface area contributed by atoms with Gasteiger partial charge < -0.3 is 10.1 Å². The number of imidazole rings is 1. The predicted octanol–water partition coefficient (Wildman–Crippen LogP) is 5.53. The van der Waals surface area contributed by atoms with E-state index in [9.17, 15) is 9.90 Å². The maximum absolute atomic E-state index is 11.6. The molecule has 1 saturated carbocycles. The van der Waals surface area contributed by atoms with E-state index >= 15 is 0 Å². The third-order valence-electron chi connectivity index (χ3n) is 6.45. The van der Waals surface area contributed by atoms with Gasteiger partial charge in [-0.25, -0.2) is 4.98 Å². The van der Waals surface area contributed by atoms with Crippen molar-refractivity contribution in [2.75, 3.05) is 0 Å². The third-order valence-corrected chi connectivity index (χ3v) is 6.45. The second-order valence-electron chi connectivity index (χ2n) is 9.13. The topological polar surface area (TPSA) is 66.0 Å². The molecule has 2 unspecified atom stereocenters. The SMILES string of the molecule is CCC(C)(C)Cc1cnc(CCc2ccc(C3CCCCC3C(=O)O)cc2)[nH]1. The summed E-state index contributed by atoms with van der Waals surface area (Å²) in [6.45, 7) is 6.81. The van der Waals surface area contributed by atoms with Gasteiger partial charge in [0.2, 0.25) is 0 Å². The van der Waals surface area contributed by atoms with Crippen molar-refractivity contribution in [1.29, 1.82) is 0 Å². The van der Waals surface area contributed by atoms with E-state index in [1.165, 1.54) is 16.8 Å². The standard InChI is InChI=1S/C24H34N2O2/c1-4-24(2,3)15-19-16-25-22(26-19)14-11-17-9-12-18(13-10-17)20-7-5-6-8-21(20)23(27)28/h9-10,12-13,16,20-21H,4-8,11,14-15H2,1-3H3,(H,25,26)(H,27,28). The number of hydrogen-bond donors (Lipinski definition) is 2. The van der Waals surface area contributed by atoms with Crippen LogP contribution >= 0.6 is 0 Å². The first-order chi connectivity index (χ1) is 13.4. The molecule has 2 aromatic rings. The lowest BCUT2D eigenvalue weighted by atomic mass is 9.75. The molecule has 0 bridgehead atoms. The van der Waals surface area contributed by atoms with Crippen molar-refractivity contribution in [3.05, 3.63) is 53.1 Å². The van der Waals surface area contributed by atoms with Crippen molar-refractivity contribution in [3.8, 4) is 0 Å². The molecule has 4 nitrogen and oxygen atoms in total. The van der Waals surface area contributed by atoms with Crippen LogP contribution in [0.2, 0.25) is 0 Å². The highest BCUT2D eigenvalue weighted by Gasteiger charge is 2.31. The van der Waals surface area contributed by atoms with Gasteiger partial charge in [-0.15, -0.1) is 0 Å². The normalized spacial score (nSPS) is 20.2. The van der Waals surface area contributed by atoms with Gasteiger partial charge in [0.15, 0.2) is 0 Å². The molecule has 1 aromatic carbocycles. The molecule has 2 N–H and O–H groups in total. The molecule has 0 spiro atoms. The number of carboxylic acids is 1. The number of benzene rings is 1. The summed E-state index contributed by atoms with van der Waals surface area (Å²) in [5.41, 5.74) is 3.97. The zero-order chi connectivity index (χ0) is 20.1. The average Bonchev–Trinajstić information content (AvgIpc) is 3.13. The minimum absolute atomic E-state index is 0.162. The lowest BCUT2D eigenvalue weighted by molar-refractivity contribution is -0.143. The summed E-state index contributed by atoms with van der Waals surface area (Å²) in [6.07, 6.45) is 9.94. The van der Waals surface area contributed by atoms with Crippen LogP contribution in [0.1, 0.15) is 81.4 Å². The zero-order valence-corrected chi connectivity index (χ0v) is 17.5. The number of rotatable bonds is 8. The Balaban J connectivity index is 1.58. The Hall–Kier alpha value is -2.10. The highest BCUT2D eigenvalue weighted by molar-refractivity contribution is 5.71. The van der Waals surface area contributed by atoms with Gasteiger partial charge in [0.1, 0.15) is 5.82 Å². The number of aromatic amines is 1. The van der Waals surface area contributed by atoms with Crippen LogP contribution in [-0.4, -0.2) is 21.0 Å². The van der Waals surface area contributed by atoms with E-state index in [-0.39, 0.29) is 11.8 Å². The molecule has 152 valence electrons. The van der Waals surface area contributed by atoms with E-state index in [4.69, 9.17) is 0 Å². The van der Waals surface area contributed by atoms with Gasteiger partial charge in [-0.2, -0.15) is 0 Å². The summed E-state index contributed by atoms with van der Waals surface area (Å²) >= 11 is 0. The Kier molecular flexibility index (Phi) is 6.58. The second kappa shape index (κ2) is 8.93. The minimum atomic E-state index is -0.645. The minimum Gasteiger partial charge on any atom is -0.481 e. The molecule has 0 saturated heterocycles. The smallest absolute Gasteiger partial charge is 0.307 e. The number of aliphatic carboxylic acids is 1. The molecule has 0 radical (unpaired) electrons. The maximum atomic E-state index is 11.6. The monoisotopic (exact) mass is 382 g/mol. The number of aryl methyl sites for hydroxylation is 2. The van der Waals surface area contributed by atoms with Crippen molar-refractivity contribution in [2.45, 2.75) is 78.1 Å². The van der Waals surface area contributed by atoms with Crippen molar-refractivity contribution in [2.24, 2.45) is 11.3 Å². The second-order valence-corrected chi connectivity index (χ2v) is 9.13. The van der Waals surface area contributed by atoms with Crippen LogP contribution in [0.15, 0.2) is 30.5 Å². The van der Waals surface area contributed by atoms with Crippen molar-refractivity contribution >= 4 is 5.97 Å². The van der Waals surface area contributed by atoms with Crippen molar-refractivity contribution in [1.82, 2.24) is 9.97 Å².